The molecule has 2 aromatic heterocycles. The van der Waals surface area contributed by atoms with Crippen molar-refractivity contribution >= 4 is 60.7 Å². The van der Waals surface area contributed by atoms with Gasteiger partial charge >= 0.3 is 0 Å². The summed E-state index contributed by atoms with van der Waals surface area (Å²) in [7, 11) is 0. The summed E-state index contributed by atoms with van der Waals surface area (Å²) in [5, 5.41) is 4.95. The van der Waals surface area contributed by atoms with Crippen molar-refractivity contribution in [3.05, 3.63) is 295 Å². The zero-order valence-electron chi connectivity index (χ0n) is 38.3. The summed E-state index contributed by atoms with van der Waals surface area (Å²) in [6.45, 7) is 0. The molecule has 0 N–H and O–H groups in total. The number of hydrogen-bond acceptors (Lipinski definition) is 1. The minimum absolute atomic E-state index is 0.496. The third-order valence-electron chi connectivity index (χ3n) is 14.8. The van der Waals surface area contributed by atoms with Crippen LogP contribution in [0.4, 0.5) is 17.1 Å². The summed E-state index contributed by atoms with van der Waals surface area (Å²) >= 11 is 0. The summed E-state index contributed by atoms with van der Waals surface area (Å²) in [4.78, 5) is 2.40. The topological polar surface area (TPSA) is 13.1 Å². The van der Waals surface area contributed by atoms with E-state index in [1.54, 1.807) is 0 Å². The van der Waals surface area contributed by atoms with E-state index in [1.165, 1.54) is 82.6 Å². The minimum Gasteiger partial charge on any atom is -0.310 e. The predicted octanol–water partition coefficient (Wildman–Crippen LogP) is 17.4. The molecular formula is C67H45N3. The summed E-state index contributed by atoms with van der Waals surface area (Å²) < 4.78 is 4.88. The Morgan fingerprint density at radius 1 is 0.300 bits per heavy atom. The van der Waals surface area contributed by atoms with E-state index in [1.807, 2.05) is 0 Å². The highest BCUT2D eigenvalue weighted by molar-refractivity contribution is 6.26. The van der Waals surface area contributed by atoms with Crippen LogP contribution in [0, 0.1) is 0 Å². The van der Waals surface area contributed by atoms with Gasteiger partial charge in [0.1, 0.15) is 0 Å². The fourth-order valence-electron chi connectivity index (χ4n) is 11.8. The van der Waals surface area contributed by atoms with Crippen LogP contribution in [0.25, 0.3) is 77.2 Å². The van der Waals surface area contributed by atoms with Gasteiger partial charge in [-0.05, 0) is 129 Å². The maximum Gasteiger partial charge on any atom is 0.0714 e. The summed E-state index contributed by atoms with van der Waals surface area (Å²) in [5.74, 6) is 0. The van der Waals surface area contributed by atoms with Crippen molar-refractivity contribution in [3.63, 3.8) is 0 Å². The molecule has 0 spiro atoms. The fourth-order valence-corrected chi connectivity index (χ4v) is 11.8. The molecule has 11 aromatic carbocycles. The molecule has 0 aliphatic heterocycles. The van der Waals surface area contributed by atoms with Crippen molar-refractivity contribution in [2.24, 2.45) is 0 Å². The molecule has 3 heteroatoms. The van der Waals surface area contributed by atoms with E-state index in [-0.39, 0.29) is 0 Å². The molecule has 0 saturated carbocycles. The van der Waals surface area contributed by atoms with Crippen molar-refractivity contribution in [2.75, 3.05) is 4.90 Å². The van der Waals surface area contributed by atoms with Crippen molar-refractivity contribution < 1.29 is 0 Å². The maximum absolute atomic E-state index is 2.47. The Kier molecular flexibility index (Phi) is 9.11. The highest BCUT2D eigenvalue weighted by atomic mass is 15.1. The second kappa shape index (κ2) is 16.0. The zero-order valence-corrected chi connectivity index (χ0v) is 38.3. The van der Waals surface area contributed by atoms with Crippen LogP contribution in [0.3, 0.4) is 0 Å². The van der Waals surface area contributed by atoms with Gasteiger partial charge in [-0.1, -0.05) is 188 Å². The van der Waals surface area contributed by atoms with Crippen LogP contribution in [0.15, 0.2) is 273 Å². The number of para-hydroxylation sites is 4. The molecule has 13 aromatic rings. The van der Waals surface area contributed by atoms with E-state index in [2.05, 4.69) is 287 Å². The van der Waals surface area contributed by atoms with Gasteiger partial charge in [-0.3, -0.25) is 0 Å². The van der Waals surface area contributed by atoms with Gasteiger partial charge in [0.25, 0.3) is 0 Å². The van der Waals surface area contributed by atoms with Gasteiger partial charge in [0, 0.05) is 50.0 Å². The Morgan fingerprint density at radius 2 is 0.814 bits per heavy atom. The number of rotatable bonds is 8. The van der Waals surface area contributed by atoms with Crippen molar-refractivity contribution in [2.45, 2.75) is 5.41 Å². The molecule has 0 saturated heterocycles. The first-order valence-corrected chi connectivity index (χ1v) is 24.2. The monoisotopic (exact) mass is 891 g/mol. The highest BCUT2D eigenvalue weighted by Crippen LogP contribution is 2.57. The number of hydrogen-bond donors (Lipinski definition) is 0. The first kappa shape index (κ1) is 39.9. The van der Waals surface area contributed by atoms with Crippen LogP contribution in [-0.4, -0.2) is 9.13 Å². The van der Waals surface area contributed by atoms with Crippen molar-refractivity contribution in [1.29, 1.82) is 0 Å². The summed E-state index contributed by atoms with van der Waals surface area (Å²) in [6, 6.07) is 100. The largest absolute Gasteiger partial charge is 0.310 e. The molecule has 0 radical (unpaired) electrons. The van der Waals surface area contributed by atoms with Gasteiger partial charge in [-0.25, -0.2) is 0 Å². The number of aromatic nitrogens is 2. The molecule has 0 unspecified atom stereocenters. The molecule has 3 nitrogen and oxygen atoms in total. The lowest BCUT2D eigenvalue weighted by Crippen LogP contribution is -2.28. The lowest BCUT2D eigenvalue weighted by molar-refractivity contribution is 0.768. The number of benzene rings is 11. The van der Waals surface area contributed by atoms with Crippen LogP contribution in [-0.2, 0) is 5.41 Å². The van der Waals surface area contributed by atoms with Crippen LogP contribution in [0.1, 0.15) is 22.3 Å². The van der Waals surface area contributed by atoms with Gasteiger partial charge in [0.15, 0.2) is 0 Å². The molecule has 14 rings (SSSR count). The molecule has 1 aliphatic rings. The van der Waals surface area contributed by atoms with Crippen molar-refractivity contribution in [3.8, 4) is 33.6 Å². The number of nitrogens with zero attached hydrogens (tertiary/aromatic N) is 3. The van der Waals surface area contributed by atoms with Crippen LogP contribution in [0.2, 0.25) is 0 Å². The number of anilines is 3. The number of fused-ring (bicyclic) bond motifs is 10. The molecule has 2 heterocycles. The average molecular weight is 892 g/mol. The van der Waals surface area contributed by atoms with E-state index in [0.717, 1.165) is 34.0 Å². The van der Waals surface area contributed by atoms with E-state index in [0.29, 0.717) is 0 Å². The van der Waals surface area contributed by atoms with E-state index < -0.39 is 5.41 Å². The Bertz CT molecular complexity index is 4040. The van der Waals surface area contributed by atoms with Gasteiger partial charge in [0.05, 0.1) is 27.5 Å². The third kappa shape index (κ3) is 5.95. The molecule has 0 fully saturated rings. The fraction of sp³-hybridized carbons (Fsp3) is 0.0149. The Hall–Kier alpha value is -9.18. The third-order valence-corrected chi connectivity index (χ3v) is 14.8. The summed E-state index contributed by atoms with van der Waals surface area (Å²) in [6.07, 6.45) is 0. The smallest absolute Gasteiger partial charge is 0.0714 e. The Balaban J connectivity index is 0.925. The van der Waals surface area contributed by atoms with Gasteiger partial charge in [0.2, 0.25) is 0 Å². The lowest BCUT2D eigenvalue weighted by atomic mass is 9.67. The molecule has 0 atom stereocenters. The first-order valence-electron chi connectivity index (χ1n) is 24.2. The highest BCUT2D eigenvalue weighted by Gasteiger charge is 2.46. The van der Waals surface area contributed by atoms with Crippen molar-refractivity contribution in [1.82, 2.24) is 9.13 Å². The second-order valence-corrected chi connectivity index (χ2v) is 18.4. The lowest BCUT2D eigenvalue weighted by Gasteiger charge is -2.35. The minimum atomic E-state index is -0.496. The van der Waals surface area contributed by atoms with Crippen LogP contribution < -0.4 is 4.90 Å². The predicted molar refractivity (Wildman–Crippen MR) is 293 cm³/mol. The molecule has 328 valence electrons. The molecular weight excluding hydrogens is 847 g/mol. The maximum atomic E-state index is 2.47. The molecule has 70 heavy (non-hydrogen) atoms. The van der Waals surface area contributed by atoms with Crippen LogP contribution in [0.5, 0.6) is 0 Å². The molecule has 0 amide bonds. The van der Waals surface area contributed by atoms with Crippen LogP contribution >= 0.6 is 0 Å². The average Bonchev–Trinajstić information content (AvgIpc) is 4.06. The quantitative estimate of drug-likeness (QED) is 0.148. The first-order chi connectivity index (χ1) is 34.8. The molecule has 1 aliphatic carbocycles. The van der Waals surface area contributed by atoms with E-state index in [9.17, 15) is 0 Å². The van der Waals surface area contributed by atoms with E-state index >= 15 is 0 Å². The van der Waals surface area contributed by atoms with Gasteiger partial charge in [-0.15, -0.1) is 0 Å². The SMILES string of the molecule is c1ccc(N(c2ccc(-c3ccc4c(c3)c3ccc5c(c6ccccc6n5-c5ccccc5)c3n4-c3ccccc3)cc2)c2ccc3c(c2)C(c2ccccc2)(c2ccccc2)c2ccccc2-3)cc1. The summed E-state index contributed by atoms with van der Waals surface area (Å²) in [5.41, 5.74) is 19.9. The zero-order chi connectivity index (χ0) is 46.2. The molecule has 0 bridgehead atoms. The standard InChI is InChI=1S/C67H45N3/c1-6-20-48(21-7-1)67(49-22-8-2-9-23-49)60-32-18-16-30-55(60)56-40-39-54(45-61(56)67)68(50-24-10-3-11-25-50)53-37-34-46(35-38-53)47-36-42-63-59(44-47)57-41-43-64-65(66(57)70(63)52-28-14-5-15-29-52)58-31-17-19-33-62(58)69(64)51-26-12-4-13-27-51/h1-45H. The van der Waals surface area contributed by atoms with E-state index in [4.69, 9.17) is 0 Å². The van der Waals surface area contributed by atoms with Gasteiger partial charge in [-0.2, -0.15) is 0 Å². The Morgan fingerprint density at radius 3 is 1.51 bits per heavy atom. The second-order valence-electron chi connectivity index (χ2n) is 18.4. The normalized spacial score (nSPS) is 12.7. The van der Waals surface area contributed by atoms with Gasteiger partial charge < -0.3 is 14.0 Å². The Labute approximate surface area is 407 Å².